The van der Waals surface area contributed by atoms with Crippen molar-refractivity contribution in [1.82, 2.24) is 5.32 Å². The Bertz CT molecular complexity index is 742. The van der Waals surface area contributed by atoms with Crippen molar-refractivity contribution in [1.29, 1.82) is 0 Å². The van der Waals surface area contributed by atoms with E-state index in [1.165, 1.54) is 6.92 Å². The first-order valence-electron chi connectivity index (χ1n) is 10.8. The van der Waals surface area contributed by atoms with Crippen LogP contribution in [0.3, 0.4) is 0 Å². The number of ketones is 1. The van der Waals surface area contributed by atoms with Crippen molar-refractivity contribution in [2.45, 2.75) is 53.5 Å². The molecule has 0 fully saturated rings. The molecule has 12 heteroatoms. The molecule has 0 aliphatic carbocycles. The Balaban J connectivity index is 0. The first-order chi connectivity index (χ1) is 16.0. The molecule has 4 N–H and O–H groups in total. The number of carboxylic acid groups (broad SMARTS) is 1. The Morgan fingerprint density at radius 3 is 2.32 bits per heavy atom. The van der Waals surface area contributed by atoms with Gasteiger partial charge in [0.1, 0.15) is 12.4 Å². The zero-order valence-electron chi connectivity index (χ0n) is 20.4. The van der Waals surface area contributed by atoms with Crippen molar-refractivity contribution >= 4 is 23.9 Å². The summed E-state index contributed by atoms with van der Waals surface area (Å²) in [5.41, 5.74) is 1.12. The number of benzene rings is 1. The van der Waals surface area contributed by atoms with E-state index in [4.69, 9.17) is 19.7 Å². The molecule has 194 valence electrons. The Morgan fingerprint density at radius 1 is 1.26 bits per heavy atom. The van der Waals surface area contributed by atoms with E-state index >= 15 is 0 Å². The van der Waals surface area contributed by atoms with E-state index in [9.17, 15) is 19.7 Å². The Labute approximate surface area is 199 Å². The van der Waals surface area contributed by atoms with Crippen LogP contribution in [-0.2, 0) is 14.4 Å². The van der Waals surface area contributed by atoms with Gasteiger partial charge in [0.25, 0.3) is 11.6 Å². The summed E-state index contributed by atoms with van der Waals surface area (Å²) in [6, 6.07) is 5.64. The number of ether oxygens (including phenoxy) is 1. The molecule has 0 spiro atoms. The second-order valence-corrected chi connectivity index (χ2v) is 7.43. The van der Waals surface area contributed by atoms with Crippen LogP contribution in [0, 0.1) is 16.0 Å². The van der Waals surface area contributed by atoms with Crippen LogP contribution in [0.4, 0.5) is 5.69 Å². The maximum Gasteiger partial charge on any atom is 0.294 e. The highest BCUT2D eigenvalue weighted by molar-refractivity contribution is 5.99. The number of Topliss-reactive ketones (excluding diaryl/α,β-unsaturated/α-hetero) is 1. The molecule has 0 aromatic heterocycles. The molecule has 1 aromatic carbocycles. The van der Waals surface area contributed by atoms with E-state index < -0.39 is 5.09 Å². The number of nitrogens with zero attached hydrogens (tertiary/aromatic N) is 1. The van der Waals surface area contributed by atoms with Gasteiger partial charge in [-0.05, 0) is 31.5 Å². The predicted octanol–water partition coefficient (Wildman–Crippen LogP) is 2.53. The van der Waals surface area contributed by atoms with Gasteiger partial charge >= 0.3 is 0 Å². The molecule has 12 nitrogen and oxygen atoms in total. The molecule has 0 saturated heterocycles. The fourth-order valence-electron chi connectivity index (χ4n) is 2.30. The fourth-order valence-corrected chi connectivity index (χ4v) is 2.30. The summed E-state index contributed by atoms with van der Waals surface area (Å²) >= 11 is 0. The summed E-state index contributed by atoms with van der Waals surface area (Å²) < 4.78 is 5.83. The zero-order chi connectivity index (χ0) is 26.5. The maximum atomic E-state index is 11.9. The molecule has 0 aliphatic heterocycles. The minimum atomic E-state index is -0.948. The summed E-state index contributed by atoms with van der Waals surface area (Å²) in [5, 5.41) is 29.2. The summed E-state index contributed by atoms with van der Waals surface area (Å²) in [5.74, 6) is 0.766. The van der Waals surface area contributed by atoms with Crippen molar-refractivity contribution in [3.63, 3.8) is 0 Å². The monoisotopic (exact) mass is 487 g/mol. The average molecular weight is 488 g/mol. The van der Waals surface area contributed by atoms with Gasteiger partial charge in [-0.3, -0.25) is 14.4 Å². The van der Waals surface area contributed by atoms with Gasteiger partial charge in [0.05, 0.1) is 18.8 Å². The number of carbonyl (C=O) groups is 3. The van der Waals surface area contributed by atoms with Crippen LogP contribution in [0.1, 0.15) is 57.8 Å². The first-order valence-corrected chi connectivity index (χ1v) is 10.8. The number of aliphatic hydroxyl groups excluding tert-OH is 1. The lowest BCUT2D eigenvalue weighted by molar-refractivity contribution is -0.758. The van der Waals surface area contributed by atoms with Gasteiger partial charge in [0.15, 0.2) is 5.78 Å². The molecule has 1 aromatic rings. The van der Waals surface area contributed by atoms with E-state index in [2.05, 4.69) is 36.2 Å². The Hall–Kier alpha value is -3.25. The number of aliphatic hydroxyl groups is 1. The van der Waals surface area contributed by atoms with Crippen molar-refractivity contribution in [3.8, 4) is 5.75 Å². The lowest BCUT2D eigenvalue weighted by atomic mass is 10.1. The number of hydrogen-bond acceptors (Lipinski definition) is 9. The van der Waals surface area contributed by atoms with Crippen molar-refractivity contribution in [2.75, 3.05) is 31.7 Å². The molecular weight excluding hydrogens is 450 g/mol. The highest BCUT2D eigenvalue weighted by atomic mass is 17.0. The van der Waals surface area contributed by atoms with Crippen molar-refractivity contribution < 1.29 is 39.3 Å². The third-order valence-corrected chi connectivity index (χ3v) is 3.81. The average Bonchev–Trinajstić information content (AvgIpc) is 2.76. The molecule has 1 amide bonds. The number of hydrogen-bond donors (Lipinski definition) is 4. The highest BCUT2D eigenvalue weighted by Gasteiger charge is 2.13. The van der Waals surface area contributed by atoms with Crippen LogP contribution in [0.2, 0.25) is 0 Å². The van der Waals surface area contributed by atoms with Gasteiger partial charge < -0.3 is 30.4 Å². The van der Waals surface area contributed by atoms with Gasteiger partial charge in [-0.15, -0.1) is 10.1 Å². The SMILES string of the molecule is CCCC(=O)Nc1ccc(OCC(C)CNC(C)C)c(C(C)=O)c1.O=CO.O=[N+]([O-])OCCO. The maximum absolute atomic E-state index is 11.9. The highest BCUT2D eigenvalue weighted by Crippen LogP contribution is 2.24. The molecule has 1 rings (SSSR count). The largest absolute Gasteiger partial charge is 0.493 e. The van der Waals surface area contributed by atoms with Gasteiger partial charge in [-0.25, -0.2) is 0 Å². The molecule has 0 radical (unpaired) electrons. The van der Waals surface area contributed by atoms with Gasteiger partial charge in [0, 0.05) is 30.6 Å². The third kappa shape index (κ3) is 18.3. The Kier molecular flexibility index (Phi) is 19.7. The number of anilines is 1. The first kappa shape index (κ1) is 32.9. The molecule has 34 heavy (non-hydrogen) atoms. The molecule has 1 unspecified atom stereocenters. The quantitative estimate of drug-likeness (QED) is 0.140. The van der Waals surface area contributed by atoms with Crippen LogP contribution in [0.15, 0.2) is 18.2 Å². The van der Waals surface area contributed by atoms with E-state index in [0.717, 1.165) is 13.0 Å². The van der Waals surface area contributed by atoms with E-state index in [1.54, 1.807) is 18.2 Å². The van der Waals surface area contributed by atoms with Gasteiger partial charge in [-0.1, -0.05) is 27.7 Å². The molecule has 0 bridgehead atoms. The summed E-state index contributed by atoms with van der Waals surface area (Å²) in [6.07, 6.45) is 1.25. The summed E-state index contributed by atoms with van der Waals surface area (Å²) in [7, 11) is 0. The molecule has 1 atom stereocenters. The topological polar surface area (TPSA) is 177 Å². The lowest BCUT2D eigenvalue weighted by Gasteiger charge is -2.17. The number of nitrogens with one attached hydrogen (secondary N) is 2. The van der Waals surface area contributed by atoms with Crippen LogP contribution in [0.25, 0.3) is 0 Å². The summed E-state index contributed by atoms with van der Waals surface area (Å²) in [4.78, 5) is 44.8. The van der Waals surface area contributed by atoms with Gasteiger partial charge in [0.2, 0.25) is 5.91 Å². The van der Waals surface area contributed by atoms with Crippen molar-refractivity contribution in [3.05, 3.63) is 33.9 Å². The van der Waals surface area contributed by atoms with Gasteiger partial charge in [-0.2, -0.15) is 0 Å². The normalized spacial score (nSPS) is 10.6. The van der Waals surface area contributed by atoms with E-state index in [0.29, 0.717) is 42.0 Å². The van der Waals surface area contributed by atoms with Crippen molar-refractivity contribution in [2.24, 2.45) is 5.92 Å². The smallest absolute Gasteiger partial charge is 0.294 e. The second kappa shape index (κ2) is 20.4. The van der Waals surface area contributed by atoms with E-state index in [-0.39, 0.29) is 31.4 Å². The zero-order valence-corrected chi connectivity index (χ0v) is 20.4. The number of amides is 1. The molecule has 0 aliphatic rings. The fraction of sp³-hybridized carbons (Fsp3) is 0.591. The minimum Gasteiger partial charge on any atom is -0.493 e. The van der Waals surface area contributed by atoms with E-state index in [1.807, 2.05) is 6.92 Å². The molecular formula is C22H37N3O9. The lowest BCUT2D eigenvalue weighted by Crippen LogP contribution is -2.30. The number of rotatable bonds is 13. The summed E-state index contributed by atoms with van der Waals surface area (Å²) in [6.45, 7) is 10.3. The predicted molar refractivity (Wildman–Crippen MR) is 127 cm³/mol. The molecule has 0 heterocycles. The minimum absolute atomic E-state index is 0.0472. The Morgan fingerprint density at radius 2 is 1.88 bits per heavy atom. The number of carbonyl (C=O) groups excluding carboxylic acids is 2. The van der Waals surface area contributed by atoms with Crippen LogP contribution in [0.5, 0.6) is 5.75 Å². The second-order valence-electron chi connectivity index (χ2n) is 7.43. The van der Waals surface area contributed by atoms with Crippen LogP contribution >= 0.6 is 0 Å². The van der Waals surface area contributed by atoms with Crippen LogP contribution in [-0.4, -0.2) is 65.9 Å². The van der Waals surface area contributed by atoms with Crippen LogP contribution < -0.4 is 15.4 Å². The molecule has 0 saturated carbocycles. The standard InChI is InChI=1S/C19H30N2O3.C2H5NO4.CH2O2/c1-6-7-19(23)21-16-8-9-18(17(10-16)15(5)22)24-12-14(4)11-20-13(2)3;4-1-2-7-3(5)6;2-1-3/h8-10,13-14,20H,6-7,11-12H2,1-5H3,(H,21,23);4H,1-2H2;1H,(H,2,3). The third-order valence-electron chi connectivity index (χ3n) is 3.81.